The molecule has 5 aromatic carbocycles. The van der Waals surface area contributed by atoms with E-state index in [1.54, 1.807) is 12.3 Å². The van der Waals surface area contributed by atoms with Crippen molar-refractivity contribution in [1.82, 2.24) is 5.32 Å². The van der Waals surface area contributed by atoms with Crippen LogP contribution in [0.4, 0.5) is 0 Å². The number of phenolic OH excluding ortho intramolecular Hbond substituents is 1. The van der Waals surface area contributed by atoms with Gasteiger partial charge < -0.3 is 5.11 Å². The first-order valence-electron chi connectivity index (χ1n) is 13.3. The molecule has 0 saturated heterocycles. The van der Waals surface area contributed by atoms with E-state index in [0.717, 1.165) is 16.8 Å². The van der Waals surface area contributed by atoms with Crippen molar-refractivity contribution in [3.8, 4) is 5.75 Å². The van der Waals surface area contributed by atoms with Crippen LogP contribution in [0.3, 0.4) is 0 Å². The second-order valence-corrected chi connectivity index (χ2v) is 9.77. The van der Waals surface area contributed by atoms with Crippen LogP contribution in [0.5, 0.6) is 5.75 Å². The van der Waals surface area contributed by atoms with E-state index in [2.05, 4.69) is 121 Å². The molecule has 3 nitrogen and oxygen atoms in total. The van der Waals surface area contributed by atoms with E-state index in [0.29, 0.717) is 5.56 Å². The van der Waals surface area contributed by atoms with Crippen LogP contribution in [0.25, 0.3) is 5.57 Å². The Labute approximate surface area is 229 Å². The average molecular weight is 507 g/mol. The molecule has 5 aromatic rings. The van der Waals surface area contributed by atoms with E-state index in [4.69, 9.17) is 4.99 Å². The van der Waals surface area contributed by atoms with Gasteiger partial charge in [-0.1, -0.05) is 133 Å². The molecular weight excluding hydrogens is 476 g/mol. The summed E-state index contributed by atoms with van der Waals surface area (Å²) in [5, 5.41) is 14.6. The molecule has 2 N–H and O–H groups in total. The monoisotopic (exact) mass is 506 g/mol. The highest BCUT2D eigenvalue weighted by molar-refractivity contribution is 5.86. The third-order valence-electron chi connectivity index (χ3n) is 7.35. The molecule has 0 aromatic heterocycles. The Kier molecular flexibility index (Phi) is 7.15. The number of hydrogen-bond acceptors (Lipinski definition) is 3. The van der Waals surface area contributed by atoms with Crippen LogP contribution in [0.2, 0.25) is 0 Å². The third kappa shape index (κ3) is 5.18. The van der Waals surface area contributed by atoms with Crippen molar-refractivity contribution in [2.24, 2.45) is 4.99 Å². The Morgan fingerprint density at radius 1 is 0.564 bits per heavy atom. The molecule has 3 atom stereocenters. The molecule has 0 saturated carbocycles. The van der Waals surface area contributed by atoms with Gasteiger partial charge in [0.15, 0.2) is 0 Å². The summed E-state index contributed by atoms with van der Waals surface area (Å²) >= 11 is 0. The zero-order chi connectivity index (χ0) is 26.4. The van der Waals surface area contributed by atoms with Crippen molar-refractivity contribution < 1.29 is 5.11 Å². The van der Waals surface area contributed by atoms with Crippen molar-refractivity contribution in [3.63, 3.8) is 0 Å². The average Bonchev–Trinajstić information content (AvgIpc) is 3.01. The molecule has 1 aliphatic heterocycles. The Balaban J connectivity index is 1.65. The Hall–Kier alpha value is -4.73. The zero-order valence-electron chi connectivity index (χ0n) is 21.6. The topological polar surface area (TPSA) is 44.6 Å². The molecule has 1 aliphatic rings. The molecule has 3 heteroatoms. The van der Waals surface area contributed by atoms with Gasteiger partial charge in [-0.2, -0.15) is 0 Å². The lowest BCUT2D eigenvalue weighted by Crippen LogP contribution is -2.37. The fourth-order valence-electron chi connectivity index (χ4n) is 5.52. The molecule has 190 valence electrons. The molecule has 0 bridgehead atoms. The van der Waals surface area contributed by atoms with Crippen molar-refractivity contribution in [1.29, 1.82) is 0 Å². The number of aliphatic imine (C=N–C) groups is 1. The maximum atomic E-state index is 10.5. The number of nitrogens with one attached hydrogen (secondary N) is 1. The minimum Gasteiger partial charge on any atom is -0.507 e. The molecule has 0 radical (unpaired) electrons. The van der Waals surface area contributed by atoms with Gasteiger partial charge in [0.05, 0.1) is 11.7 Å². The first-order chi connectivity index (χ1) is 19.3. The summed E-state index contributed by atoms with van der Waals surface area (Å²) in [6.45, 7) is 0. The van der Waals surface area contributed by atoms with Crippen molar-refractivity contribution >= 4 is 11.8 Å². The predicted molar refractivity (Wildman–Crippen MR) is 160 cm³/mol. The van der Waals surface area contributed by atoms with Crippen LogP contribution in [0.1, 0.15) is 45.8 Å². The lowest BCUT2D eigenvalue weighted by atomic mass is 9.75. The summed E-state index contributed by atoms with van der Waals surface area (Å²) < 4.78 is 0. The number of hydrogen-bond donors (Lipinski definition) is 2. The van der Waals surface area contributed by atoms with Gasteiger partial charge in [0, 0.05) is 29.3 Å². The van der Waals surface area contributed by atoms with Gasteiger partial charge in [-0.25, -0.2) is 0 Å². The van der Waals surface area contributed by atoms with Crippen LogP contribution in [-0.4, -0.2) is 11.3 Å². The zero-order valence-corrected chi connectivity index (χ0v) is 21.6. The summed E-state index contributed by atoms with van der Waals surface area (Å²) in [6.07, 6.45) is 1.80. The Morgan fingerprint density at radius 3 is 1.69 bits per heavy atom. The second-order valence-electron chi connectivity index (χ2n) is 9.77. The number of nitrogens with zero attached hydrogens (tertiary/aromatic N) is 1. The summed E-state index contributed by atoms with van der Waals surface area (Å²) in [5.74, 6) is 0.151. The molecule has 0 amide bonds. The van der Waals surface area contributed by atoms with Gasteiger partial charge in [-0.15, -0.1) is 0 Å². The molecule has 0 fully saturated rings. The van der Waals surface area contributed by atoms with E-state index in [1.807, 2.05) is 24.3 Å². The highest BCUT2D eigenvalue weighted by Crippen LogP contribution is 2.50. The van der Waals surface area contributed by atoms with Gasteiger partial charge >= 0.3 is 0 Å². The van der Waals surface area contributed by atoms with Crippen molar-refractivity contribution in [3.05, 3.63) is 179 Å². The van der Waals surface area contributed by atoms with E-state index in [9.17, 15) is 5.11 Å². The lowest BCUT2D eigenvalue weighted by molar-refractivity contribution is 0.428. The quantitative estimate of drug-likeness (QED) is 0.229. The van der Waals surface area contributed by atoms with E-state index < -0.39 is 0 Å². The van der Waals surface area contributed by atoms with Gasteiger partial charge in [0.25, 0.3) is 0 Å². The summed E-state index contributed by atoms with van der Waals surface area (Å²) in [6, 6.07) is 49.6. The SMILES string of the molecule is Oc1ccccc1C=NC1=C(c2ccccc2)C(c2ccccc2)NC(c2ccccc2)C1c1ccccc1. The number of rotatable bonds is 6. The normalized spacial score (nSPS) is 19.3. The van der Waals surface area contributed by atoms with Crippen LogP contribution in [0.15, 0.2) is 156 Å². The molecular formula is C36H30N2O. The Bertz CT molecular complexity index is 1580. The van der Waals surface area contributed by atoms with Crippen LogP contribution < -0.4 is 5.32 Å². The van der Waals surface area contributed by atoms with Gasteiger partial charge in [0.2, 0.25) is 0 Å². The fraction of sp³-hybridized carbons (Fsp3) is 0.0833. The van der Waals surface area contributed by atoms with E-state index in [-0.39, 0.29) is 23.8 Å². The third-order valence-corrected chi connectivity index (χ3v) is 7.35. The van der Waals surface area contributed by atoms with Crippen molar-refractivity contribution in [2.75, 3.05) is 0 Å². The molecule has 1 heterocycles. The highest BCUT2D eigenvalue weighted by atomic mass is 16.3. The summed E-state index contributed by atoms with van der Waals surface area (Å²) in [5.41, 5.74) is 7.49. The number of phenols is 1. The van der Waals surface area contributed by atoms with Gasteiger partial charge in [-0.05, 0) is 34.4 Å². The summed E-state index contributed by atoms with van der Waals surface area (Å²) in [7, 11) is 0. The highest BCUT2D eigenvalue weighted by Gasteiger charge is 2.39. The summed E-state index contributed by atoms with van der Waals surface area (Å²) in [4.78, 5) is 5.24. The minimum absolute atomic E-state index is 0.0252. The van der Waals surface area contributed by atoms with Gasteiger partial charge in [-0.3, -0.25) is 10.3 Å². The van der Waals surface area contributed by atoms with E-state index in [1.165, 1.54) is 16.7 Å². The smallest absolute Gasteiger partial charge is 0.124 e. The fourth-order valence-corrected chi connectivity index (χ4v) is 5.52. The predicted octanol–water partition coefficient (Wildman–Crippen LogP) is 8.09. The van der Waals surface area contributed by atoms with Crippen LogP contribution in [0, 0.1) is 0 Å². The maximum absolute atomic E-state index is 10.5. The van der Waals surface area contributed by atoms with Gasteiger partial charge in [0.1, 0.15) is 5.75 Å². The molecule has 39 heavy (non-hydrogen) atoms. The number of para-hydroxylation sites is 1. The number of aromatic hydroxyl groups is 1. The minimum atomic E-state index is -0.0877. The number of benzene rings is 5. The molecule has 0 spiro atoms. The van der Waals surface area contributed by atoms with Crippen molar-refractivity contribution in [2.45, 2.75) is 18.0 Å². The second kappa shape index (κ2) is 11.3. The standard InChI is InChI=1S/C36H30N2O/c39-31-24-14-13-23-30(31)25-37-36-32(26-15-5-1-6-16-26)34(28-19-9-3-10-20-28)38-35(29-21-11-4-12-22-29)33(36)27-17-7-2-8-18-27/h1-25,32,34-35,38-39H. The van der Waals surface area contributed by atoms with Crippen LogP contribution in [-0.2, 0) is 0 Å². The first kappa shape index (κ1) is 24.6. The Morgan fingerprint density at radius 2 is 1.08 bits per heavy atom. The molecule has 6 rings (SSSR count). The molecule has 3 unspecified atom stereocenters. The lowest BCUT2D eigenvalue weighted by Gasteiger charge is -2.41. The van der Waals surface area contributed by atoms with E-state index >= 15 is 0 Å². The largest absolute Gasteiger partial charge is 0.507 e. The molecule has 0 aliphatic carbocycles. The maximum Gasteiger partial charge on any atom is 0.124 e. The van der Waals surface area contributed by atoms with Crippen LogP contribution >= 0.6 is 0 Å². The first-order valence-corrected chi connectivity index (χ1v) is 13.3.